The van der Waals surface area contributed by atoms with Gasteiger partial charge in [0.25, 0.3) is 7.82 Å². The van der Waals surface area contributed by atoms with Crippen LogP contribution in [-0.4, -0.2) is 70.0 Å². The maximum absolute atomic E-state index is 12.7. The van der Waals surface area contributed by atoms with Crippen LogP contribution in [0.4, 0.5) is 0 Å². The Labute approximate surface area is 494 Å². The number of carbonyl (C=O) groups is 2. The van der Waals surface area contributed by atoms with Crippen LogP contribution in [0.25, 0.3) is 0 Å². The molecule has 2 unspecified atom stereocenters. The highest BCUT2D eigenvalue weighted by Gasteiger charge is 2.21. The summed E-state index contributed by atoms with van der Waals surface area (Å²) in [6.07, 6.45) is 83.1. The topological polar surface area (TPSA) is 111 Å². The molecule has 0 aromatic rings. The standard InChI is InChI=1S/C70H126NO8P/c1-6-8-10-12-14-16-18-20-22-23-24-25-26-27-28-29-30-31-32-33-34-35-36-37-38-39-40-41-42-43-44-45-46-47-49-50-52-54-56-58-60-62-69(72)76-66-68(67-78-80(74,75)77-65-64-71(3,4)5)79-70(73)63-61-59-57-55-53-51-48-21-19-17-15-13-11-9-7-2/h9,11,15,17-18,20-21,23-24,48,53,55,59,61,68H,6-8,10,12-14,16,19,22,25-47,49-52,54,56-58,60,62-67H2,1-5H3/b11-9-,17-15-,20-18-,24-23-,48-21-,55-53-,61-59-. The van der Waals surface area contributed by atoms with Gasteiger partial charge in [-0.3, -0.25) is 14.2 Å². The van der Waals surface area contributed by atoms with E-state index in [1.165, 1.54) is 212 Å². The second-order valence-electron chi connectivity index (χ2n) is 23.5. The van der Waals surface area contributed by atoms with Crippen molar-refractivity contribution in [2.24, 2.45) is 0 Å². The summed E-state index contributed by atoms with van der Waals surface area (Å²) in [4.78, 5) is 37.8. The van der Waals surface area contributed by atoms with Gasteiger partial charge in [-0.15, -0.1) is 0 Å². The smallest absolute Gasteiger partial charge is 0.310 e. The van der Waals surface area contributed by atoms with Crippen molar-refractivity contribution in [1.29, 1.82) is 0 Å². The fraction of sp³-hybridized carbons (Fsp3) is 0.771. The molecule has 0 aromatic heterocycles. The zero-order valence-electron chi connectivity index (χ0n) is 52.8. The number of likely N-dealkylation sites (N-methyl/N-ethyl adjacent to an activating group) is 1. The number of phosphoric ester groups is 1. The SMILES string of the molecule is CC/C=C\C/C=C\C/C=C\C/C=C\C/C=C\CC(=O)OC(COC(=O)CCCCCCCCCCCCCCCCCCCCCCCCCCCCCCC/C=C\C/C=C\CCCCCCC)COP(=O)([O-])OCC[N+](C)(C)C. The Balaban J connectivity index is 3.89. The van der Waals surface area contributed by atoms with Gasteiger partial charge in [-0.05, 0) is 70.6 Å². The number of esters is 2. The molecule has 80 heavy (non-hydrogen) atoms. The van der Waals surface area contributed by atoms with Crippen molar-refractivity contribution in [2.45, 2.75) is 302 Å². The molecule has 0 bridgehead atoms. The Kier molecular flexibility index (Phi) is 58.6. The molecule has 0 saturated carbocycles. The Morgan fingerprint density at radius 1 is 0.412 bits per heavy atom. The predicted molar refractivity (Wildman–Crippen MR) is 342 cm³/mol. The van der Waals surface area contributed by atoms with Gasteiger partial charge in [-0.1, -0.05) is 298 Å². The molecule has 2 atom stereocenters. The van der Waals surface area contributed by atoms with Gasteiger partial charge in [0, 0.05) is 6.42 Å². The Hall–Kier alpha value is -2.81. The molecular formula is C70H126NO8P. The van der Waals surface area contributed by atoms with E-state index < -0.39 is 32.5 Å². The second kappa shape index (κ2) is 60.8. The molecule has 0 amide bonds. The normalized spacial score (nSPS) is 13.7. The summed E-state index contributed by atoms with van der Waals surface area (Å²) in [5, 5.41) is 0. The zero-order chi connectivity index (χ0) is 58.4. The van der Waals surface area contributed by atoms with Gasteiger partial charge in [0.05, 0.1) is 34.2 Å². The van der Waals surface area contributed by atoms with Gasteiger partial charge in [-0.25, -0.2) is 0 Å². The quantitative estimate of drug-likeness (QED) is 0.0195. The minimum Gasteiger partial charge on any atom is -0.756 e. The van der Waals surface area contributed by atoms with E-state index in [2.05, 4.69) is 80.7 Å². The minimum atomic E-state index is -4.66. The maximum atomic E-state index is 12.7. The van der Waals surface area contributed by atoms with E-state index in [1.807, 2.05) is 33.3 Å². The highest BCUT2D eigenvalue weighted by atomic mass is 31.2. The molecule has 9 nitrogen and oxygen atoms in total. The number of phosphoric acid groups is 1. The van der Waals surface area contributed by atoms with E-state index in [0.29, 0.717) is 17.4 Å². The summed E-state index contributed by atoms with van der Waals surface area (Å²) >= 11 is 0. The number of rotatable bonds is 61. The summed E-state index contributed by atoms with van der Waals surface area (Å²) < 4.78 is 34.0. The summed E-state index contributed by atoms with van der Waals surface area (Å²) in [7, 11) is 1.11. The number of unbranched alkanes of at least 4 members (excludes halogenated alkanes) is 34. The first-order valence-corrected chi connectivity index (χ1v) is 34.8. The molecule has 10 heteroatoms. The van der Waals surface area contributed by atoms with Crippen LogP contribution in [-0.2, 0) is 32.7 Å². The lowest BCUT2D eigenvalue weighted by Gasteiger charge is -2.28. The second-order valence-corrected chi connectivity index (χ2v) is 24.9. The van der Waals surface area contributed by atoms with Crippen molar-refractivity contribution < 1.29 is 42.1 Å². The molecule has 0 aromatic carbocycles. The molecule has 0 fully saturated rings. The van der Waals surface area contributed by atoms with Gasteiger partial charge in [-0.2, -0.15) is 0 Å². The van der Waals surface area contributed by atoms with E-state index in [1.54, 1.807) is 6.08 Å². The molecule has 0 aliphatic heterocycles. The average molecular weight is 1140 g/mol. The number of hydrogen-bond acceptors (Lipinski definition) is 8. The predicted octanol–water partition coefficient (Wildman–Crippen LogP) is 20.7. The Morgan fingerprint density at radius 3 is 1.12 bits per heavy atom. The molecule has 0 rings (SSSR count). The molecular weight excluding hydrogens is 1010 g/mol. The third-order valence-electron chi connectivity index (χ3n) is 14.4. The van der Waals surface area contributed by atoms with Crippen LogP contribution in [0.3, 0.4) is 0 Å². The van der Waals surface area contributed by atoms with Crippen molar-refractivity contribution in [3.05, 3.63) is 85.1 Å². The number of allylic oxidation sites excluding steroid dienone is 13. The molecule has 0 heterocycles. The van der Waals surface area contributed by atoms with Gasteiger partial charge in [0.2, 0.25) is 0 Å². The van der Waals surface area contributed by atoms with Crippen LogP contribution in [0.2, 0.25) is 0 Å². The fourth-order valence-corrected chi connectivity index (χ4v) is 10.1. The van der Waals surface area contributed by atoms with Crippen LogP contribution in [0.1, 0.15) is 296 Å². The number of ether oxygens (including phenoxy) is 2. The molecule has 0 saturated heterocycles. The molecule has 0 aliphatic rings. The van der Waals surface area contributed by atoms with Crippen molar-refractivity contribution in [1.82, 2.24) is 0 Å². The lowest BCUT2D eigenvalue weighted by atomic mass is 10.0. The molecule has 0 N–H and O–H groups in total. The monoisotopic (exact) mass is 1140 g/mol. The lowest BCUT2D eigenvalue weighted by Crippen LogP contribution is -2.37. The molecule has 0 spiro atoms. The largest absolute Gasteiger partial charge is 0.756 e. The van der Waals surface area contributed by atoms with Crippen LogP contribution < -0.4 is 4.89 Å². The summed E-state index contributed by atoms with van der Waals surface area (Å²) in [6.45, 7) is 4.02. The van der Waals surface area contributed by atoms with E-state index in [0.717, 1.165) is 51.4 Å². The Bertz CT molecular complexity index is 1630. The van der Waals surface area contributed by atoms with Crippen molar-refractivity contribution in [3.63, 3.8) is 0 Å². The van der Waals surface area contributed by atoms with Crippen LogP contribution in [0.15, 0.2) is 85.1 Å². The molecule has 464 valence electrons. The van der Waals surface area contributed by atoms with Crippen molar-refractivity contribution in [2.75, 3.05) is 47.5 Å². The first kappa shape index (κ1) is 77.2. The van der Waals surface area contributed by atoms with E-state index in [4.69, 9.17) is 18.5 Å². The number of carbonyl (C=O) groups excluding carboxylic acids is 2. The lowest BCUT2D eigenvalue weighted by molar-refractivity contribution is -0.870. The third kappa shape index (κ3) is 64.4. The first-order valence-electron chi connectivity index (χ1n) is 33.3. The summed E-state index contributed by atoms with van der Waals surface area (Å²) in [5.41, 5.74) is 0. The van der Waals surface area contributed by atoms with E-state index >= 15 is 0 Å². The summed E-state index contributed by atoms with van der Waals surface area (Å²) in [5.74, 6) is -0.975. The third-order valence-corrected chi connectivity index (χ3v) is 15.4. The maximum Gasteiger partial charge on any atom is 0.310 e. The Morgan fingerprint density at radius 2 is 0.750 bits per heavy atom. The van der Waals surface area contributed by atoms with Gasteiger partial charge in [0.15, 0.2) is 6.10 Å². The zero-order valence-corrected chi connectivity index (χ0v) is 53.7. The minimum absolute atomic E-state index is 0.00834. The highest BCUT2D eigenvalue weighted by molar-refractivity contribution is 7.45. The van der Waals surface area contributed by atoms with Crippen LogP contribution in [0, 0.1) is 0 Å². The molecule has 0 aliphatic carbocycles. The van der Waals surface area contributed by atoms with E-state index in [-0.39, 0.29) is 26.1 Å². The van der Waals surface area contributed by atoms with Gasteiger partial charge < -0.3 is 27.9 Å². The number of nitrogens with zero attached hydrogens (tertiary/aromatic N) is 1. The highest BCUT2D eigenvalue weighted by Crippen LogP contribution is 2.38. The summed E-state index contributed by atoms with van der Waals surface area (Å²) in [6, 6.07) is 0. The first-order chi connectivity index (χ1) is 39.0. The average Bonchev–Trinajstić information content (AvgIpc) is 3.42. The molecule has 0 radical (unpaired) electrons. The van der Waals surface area contributed by atoms with Crippen molar-refractivity contribution in [3.8, 4) is 0 Å². The van der Waals surface area contributed by atoms with E-state index in [9.17, 15) is 19.0 Å². The van der Waals surface area contributed by atoms with Crippen LogP contribution in [0.5, 0.6) is 0 Å². The van der Waals surface area contributed by atoms with Crippen LogP contribution >= 0.6 is 7.82 Å². The van der Waals surface area contributed by atoms with Gasteiger partial charge >= 0.3 is 11.9 Å². The van der Waals surface area contributed by atoms with Gasteiger partial charge in [0.1, 0.15) is 19.8 Å². The number of quaternary nitrogens is 1. The number of hydrogen-bond donors (Lipinski definition) is 0. The van der Waals surface area contributed by atoms with Crippen molar-refractivity contribution >= 4 is 19.8 Å². The fourth-order valence-electron chi connectivity index (χ4n) is 9.35.